The topological polar surface area (TPSA) is 64.4 Å². The van der Waals surface area contributed by atoms with Crippen LogP contribution in [0.4, 0.5) is 5.00 Å². The molecule has 1 rings (SSSR count). The predicted octanol–water partition coefficient (Wildman–Crippen LogP) is 1.83. The molecule has 0 radical (unpaired) electrons. The van der Waals surface area contributed by atoms with Crippen LogP contribution in [0, 0.1) is 5.92 Å². The zero-order valence-electron chi connectivity index (χ0n) is 8.71. The predicted molar refractivity (Wildman–Crippen MR) is 58.5 cm³/mol. The van der Waals surface area contributed by atoms with Crippen molar-refractivity contribution in [2.24, 2.45) is 10.9 Å². The van der Waals surface area contributed by atoms with Gasteiger partial charge in [0.05, 0.1) is 18.7 Å². The summed E-state index contributed by atoms with van der Waals surface area (Å²) in [5.41, 5.74) is 0. The number of ether oxygens (including phenoxy) is 1. The second kappa shape index (κ2) is 6.23. The third-order valence-corrected chi connectivity index (χ3v) is 2.33. The molecule has 5 nitrogen and oxygen atoms in total. The lowest BCUT2D eigenvalue weighted by Crippen LogP contribution is -2.18. The first-order valence-electron chi connectivity index (χ1n) is 4.76. The molecule has 1 aromatic rings. The van der Waals surface area contributed by atoms with Crippen molar-refractivity contribution in [3.05, 3.63) is 6.20 Å². The summed E-state index contributed by atoms with van der Waals surface area (Å²) in [7, 11) is 0. The van der Waals surface area contributed by atoms with Crippen LogP contribution in [0.1, 0.15) is 20.3 Å². The van der Waals surface area contributed by atoms with Gasteiger partial charge in [-0.25, -0.2) is 4.99 Å². The summed E-state index contributed by atoms with van der Waals surface area (Å²) in [6, 6.07) is 0. The first kappa shape index (κ1) is 11.8. The Hall–Kier alpha value is -1.30. The third kappa shape index (κ3) is 3.75. The summed E-state index contributed by atoms with van der Waals surface area (Å²) in [5, 5.41) is 4.34. The van der Waals surface area contributed by atoms with E-state index in [1.165, 1.54) is 11.5 Å². The van der Waals surface area contributed by atoms with Gasteiger partial charge in [-0.3, -0.25) is 4.79 Å². The molecule has 0 saturated carbocycles. The Morgan fingerprint density at radius 1 is 1.73 bits per heavy atom. The second-order valence-corrected chi connectivity index (χ2v) is 3.56. The molecule has 0 aliphatic heterocycles. The Morgan fingerprint density at radius 2 is 2.53 bits per heavy atom. The zero-order chi connectivity index (χ0) is 11.1. The van der Waals surface area contributed by atoms with Crippen molar-refractivity contribution >= 4 is 28.7 Å². The fourth-order valence-electron chi connectivity index (χ4n) is 0.964. The lowest BCUT2D eigenvalue weighted by atomic mass is 10.1. The molecule has 6 heteroatoms. The maximum absolute atomic E-state index is 11.4. The number of aromatic nitrogens is 2. The van der Waals surface area contributed by atoms with E-state index in [1.54, 1.807) is 19.3 Å². The largest absolute Gasteiger partial charge is 0.465 e. The Labute approximate surface area is 92.3 Å². The van der Waals surface area contributed by atoms with E-state index in [9.17, 15) is 4.79 Å². The summed E-state index contributed by atoms with van der Waals surface area (Å²) in [6.45, 7) is 4.10. The molecule has 0 N–H and O–H groups in total. The molecule has 1 atom stereocenters. The van der Waals surface area contributed by atoms with Gasteiger partial charge in [-0.15, -0.1) is 5.10 Å². The van der Waals surface area contributed by atoms with Crippen molar-refractivity contribution in [2.75, 3.05) is 6.61 Å². The van der Waals surface area contributed by atoms with E-state index in [0.717, 1.165) is 0 Å². The van der Waals surface area contributed by atoms with Crippen molar-refractivity contribution in [3.8, 4) is 0 Å². The van der Waals surface area contributed by atoms with Crippen molar-refractivity contribution in [1.29, 1.82) is 0 Å². The van der Waals surface area contributed by atoms with E-state index in [0.29, 0.717) is 18.0 Å². The highest BCUT2D eigenvalue weighted by atomic mass is 32.1. The first-order valence-corrected chi connectivity index (χ1v) is 5.53. The maximum Gasteiger partial charge on any atom is 0.314 e. The highest BCUT2D eigenvalue weighted by molar-refractivity contribution is 7.09. The maximum atomic E-state index is 11.4. The molecular formula is C9H13N3O2S. The zero-order valence-corrected chi connectivity index (χ0v) is 9.53. The number of aliphatic imine (C=N–C) groups is 1. The van der Waals surface area contributed by atoms with Gasteiger partial charge in [0.2, 0.25) is 0 Å². The van der Waals surface area contributed by atoms with Crippen LogP contribution in [0.2, 0.25) is 0 Å². The van der Waals surface area contributed by atoms with Crippen LogP contribution in [0.3, 0.4) is 0 Å². The van der Waals surface area contributed by atoms with Gasteiger partial charge in [0, 0.05) is 17.7 Å². The second-order valence-electron chi connectivity index (χ2n) is 2.80. The van der Waals surface area contributed by atoms with Gasteiger partial charge in [0.15, 0.2) is 5.00 Å². The van der Waals surface area contributed by atoms with Crippen LogP contribution in [0.25, 0.3) is 0 Å². The van der Waals surface area contributed by atoms with Gasteiger partial charge >= 0.3 is 5.97 Å². The summed E-state index contributed by atoms with van der Waals surface area (Å²) < 4.78 is 8.58. The Bertz CT molecular complexity index is 324. The normalized spacial score (nSPS) is 12.9. The van der Waals surface area contributed by atoms with Crippen LogP contribution in [-0.4, -0.2) is 28.4 Å². The number of carbonyl (C=O) groups excluding carboxylic acids is 1. The fraction of sp³-hybridized carbons (Fsp3) is 0.556. The van der Waals surface area contributed by atoms with Crippen molar-refractivity contribution < 1.29 is 9.53 Å². The van der Waals surface area contributed by atoms with Crippen molar-refractivity contribution in [2.45, 2.75) is 20.3 Å². The lowest BCUT2D eigenvalue weighted by molar-refractivity contribution is -0.145. The van der Waals surface area contributed by atoms with Crippen LogP contribution in [-0.2, 0) is 9.53 Å². The molecule has 0 aliphatic carbocycles. The monoisotopic (exact) mass is 227 g/mol. The summed E-state index contributed by atoms with van der Waals surface area (Å²) in [6.07, 6.45) is 3.82. The van der Waals surface area contributed by atoms with Crippen LogP contribution >= 0.6 is 11.5 Å². The average Bonchev–Trinajstić information content (AvgIpc) is 2.72. The van der Waals surface area contributed by atoms with Crippen molar-refractivity contribution in [3.63, 3.8) is 0 Å². The molecule has 0 aromatic carbocycles. The molecule has 1 unspecified atom stereocenters. The molecule has 0 amide bonds. The number of hydrogen-bond donors (Lipinski definition) is 0. The lowest BCUT2D eigenvalue weighted by Gasteiger charge is -2.07. The quantitative estimate of drug-likeness (QED) is 0.568. The highest BCUT2D eigenvalue weighted by Crippen LogP contribution is 2.14. The molecule has 1 aromatic heterocycles. The molecular weight excluding hydrogens is 214 g/mol. The molecule has 1 heterocycles. The van der Waals surface area contributed by atoms with Crippen LogP contribution < -0.4 is 0 Å². The molecule has 0 bridgehead atoms. The van der Waals surface area contributed by atoms with Gasteiger partial charge < -0.3 is 4.74 Å². The minimum absolute atomic E-state index is 0.235. The molecule has 15 heavy (non-hydrogen) atoms. The number of carbonyl (C=O) groups is 1. The molecule has 0 aliphatic rings. The summed E-state index contributed by atoms with van der Waals surface area (Å²) in [4.78, 5) is 15.5. The average molecular weight is 227 g/mol. The smallest absolute Gasteiger partial charge is 0.314 e. The van der Waals surface area contributed by atoms with E-state index < -0.39 is 0 Å². The highest BCUT2D eigenvalue weighted by Gasteiger charge is 2.14. The van der Waals surface area contributed by atoms with E-state index in [4.69, 9.17) is 4.74 Å². The molecule has 0 saturated heterocycles. The van der Waals surface area contributed by atoms with E-state index in [-0.39, 0.29) is 11.9 Å². The van der Waals surface area contributed by atoms with Gasteiger partial charge in [-0.1, -0.05) is 11.4 Å². The number of hydrogen-bond acceptors (Lipinski definition) is 6. The third-order valence-electron chi connectivity index (χ3n) is 1.76. The minimum atomic E-state index is -0.285. The van der Waals surface area contributed by atoms with E-state index >= 15 is 0 Å². The SMILES string of the molecule is CCOC(=O)C(C=Nc1cnns1)CC. The van der Waals surface area contributed by atoms with Gasteiger partial charge in [-0.2, -0.15) is 0 Å². The summed E-state index contributed by atoms with van der Waals surface area (Å²) in [5.74, 6) is -0.520. The van der Waals surface area contributed by atoms with E-state index in [2.05, 4.69) is 14.6 Å². The Kier molecular flexibility index (Phi) is 4.89. The Morgan fingerprint density at radius 3 is 3.07 bits per heavy atom. The molecule has 0 fully saturated rings. The molecule has 0 spiro atoms. The van der Waals surface area contributed by atoms with Gasteiger partial charge in [0.25, 0.3) is 0 Å². The standard InChI is InChI=1S/C9H13N3O2S/c1-3-7(9(13)14-4-2)5-10-8-6-11-12-15-8/h5-7H,3-4H2,1-2H3. The number of rotatable bonds is 5. The van der Waals surface area contributed by atoms with Crippen LogP contribution in [0.15, 0.2) is 11.2 Å². The van der Waals surface area contributed by atoms with Gasteiger partial charge in [0.1, 0.15) is 0 Å². The van der Waals surface area contributed by atoms with Gasteiger partial charge in [-0.05, 0) is 13.3 Å². The molecule has 82 valence electrons. The fourth-order valence-corrected chi connectivity index (χ4v) is 1.34. The van der Waals surface area contributed by atoms with E-state index in [1.807, 2.05) is 6.92 Å². The number of nitrogens with zero attached hydrogens (tertiary/aromatic N) is 3. The van der Waals surface area contributed by atoms with Crippen molar-refractivity contribution in [1.82, 2.24) is 9.59 Å². The minimum Gasteiger partial charge on any atom is -0.465 e. The number of esters is 1. The summed E-state index contributed by atoms with van der Waals surface area (Å²) >= 11 is 1.19. The van der Waals surface area contributed by atoms with Crippen LogP contribution in [0.5, 0.6) is 0 Å². The first-order chi connectivity index (χ1) is 7.27. The Balaban J connectivity index is 2.57.